The van der Waals surface area contributed by atoms with Gasteiger partial charge in [-0.2, -0.15) is 0 Å². The summed E-state index contributed by atoms with van der Waals surface area (Å²) in [6.07, 6.45) is 6.65. The van der Waals surface area contributed by atoms with Crippen molar-refractivity contribution in [3.05, 3.63) is 42.5 Å². The number of nitrogens with zero attached hydrogens (tertiary/aromatic N) is 4. The second-order valence-electron chi connectivity index (χ2n) is 4.61. The fourth-order valence-corrected chi connectivity index (χ4v) is 2.39. The van der Waals surface area contributed by atoms with Gasteiger partial charge in [-0.25, -0.2) is 15.0 Å². The molecule has 2 N–H and O–H groups in total. The van der Waals surface area contributed by atoms with Crippen LogP contribution in [-0.2, 0) is 11.2 Å². The minimum absolute atomic E-state index is 0.0147. The SMILES string of the molecule is CSc1nccc(-c2ncc(CC(N)=O)nc2-c2ccco2)n1. The van der Waals surface area contributed by atoms with Crippen LogP contribution in [0.25, 0.3) is 22.8 Å². The predicted molar refractivity (Wildman–Crippen MR) is 85.4 cm³/mol. The van der Waals surface area contributed by atoms with Crippen LogP contribution in [0.2, 0.25) is 0 Å². The fourth-order valence-electron chi connectivity index (χ4n) is 2.03. The van der Waals surface area contributed by atoms with Gasteiger partial charge >= 0.3 is 0 Å². The third-order valence-electron chi connectivity index (χ3n) is 2.99. The first-order chi connectivity index (χ1) is 11.2. The molecule has 0 spiro atoms. The fraction of sp³-hybridized carbons (Fsp3) is 0.133. The lowest BCUT2D eigenvalue weighted by molar-refractivity contribution is -0.117. The molecule has 0 aliphatic heterocycles. The van der Waals surface area contributed by atoms with E-state index in [0.29, 0.717) is 33.7 Å². The minimum Gasteiger partial charge on any atom is -0.463 e. The number of carbonyl (C=O) groups is 1. The molecule has 0 aromatic carbocycles. The summed E-state index contributed by atoms with van der Waals surface area (Å²) < 4.78 is 5.43. The molecule has 23 heavy (non-hydrogen) atoms. The molecule has 0 unspecified atom stereocenters. The van der Waals surface area contributed by atoms with Gasteiger partial charge in [0.1, 0.15) is 11.4 Å². The third kappa shape index (κ3) is 3.37. The van der Waals surface area contributed by atoms with E-state index in [4.69, 9.17) is 10.2 Å². The Morgan fingerprint density at radius 1 is 1.26 bits per heavy atom. The number of carbonyl (C=O) groups excluding carboxylic acids is 1. The Hall–Kier alpha value is -2.74. The molecule has 0 saturated carbocycles. The van der Waals surface area contributed by atoms with E-state index in [-0.39, 0.29) is 6.42 Å². The minimum atomic E-state index is -0.468. The normalized spacial score (nSPS) is 10.7. The first kappa shape index (κ1) is 15.2. The van der Waals surface area contributed by atoms with Gasteiger partial charge in [0.05, 0.1) is 24.1 Å². The molecule has 0 saturated heterocycles. The van der Waals surface area contributed by atoms with Crippen LogP contribution < -0.4 is 5.73 Å². The molecule has 3 aromatic rings. The van der Waals surface area contributed by atoms with Gasteiger partial charge in [-0.1, -0.05) is 11.8 Å². The van der Waals surface area contributed by atoms with Crippen molar-refractivity contribution >= 4 is 17.7 Å². The lowest BCUT2D eigenvalue weighted by Gasteiger charge is -2.08. The number of hydrogen-bond acceptors (Lipinski definition) is 7. The van der Waals surface area contributed by atoms with E-state index in [1.54, 1.807) is 30.7 Å². The van der Waals surface area contributed by atoms with E-state index in [2.05, 4.69) is 19.9 Å². The number of rotatable bonds is 5. The summed E-state index contributed by atoms with van der Waals surface area (Å²) in [5.41, 5.74) is 7.41. The maximum absolute atomic E-state index is 11.1. The van der Waals surface area contributed by atoms with Crippen LogP contribution in [0.5, 0.6) is 0 Å². The molecule has 3 heterocycles. The van der Waals surface area contributed by atoms with E-state index in [9.17, 15) is 4.79 Å². The van der Waals surface area contributed by atoms with Crippen molar-refractivity contribution in [2.75, 3.05) is 6.26 Å². The first-order valence-corrected chi connectivity index (χ1v) is 7.95. The molecule has 0 aliphatic carbocycles. The molecule has 3 aromatic heterocycles. The average molecular weight is 327 g/mol. The van der Waals surface area contributed by atoms with Crippen LogP contribution in [0.15, 0.2) is 46.4 Å². The van der Waals surface area contributed by atoms with Crippen molar-refractivity contribution in [3.8, 4) is 22.8 Å². The molecule has 0 atom stereocenters. The lowest BCUT2D eigenvalue weighted by Crippen LogP contribution is -2.15. The summed E-state index contributed by atoms with van der Waals surface area (Å²) >= 11 is 1.44. The van der Waals surface area contributed by atoms with E-state index in [1.807, 2.05) is 6.26 Å². The van der Waals surface area contributed by atoms with Gasteiger partial charge in [0, 0.05) is 12.4 Å². The van der Waals surface area contributed by atoms with Crippen molar-refractivity contribution in [2.24, 2.45) is 5.73 Å². The highest BCUT2D eigenvalue weighted by Crippen LogP contribution is 2.28. The van der Waals surface area contributed by atoms with E-state index < -0.39 is 5.91 Å². The van der Waals surface area contributed by atoms with Gasteiger partial charge in [0.25, 0.3) is 0 Å². The van der Waals surface area contributed by atoms with Crippen molar-refractivity contribution < 1.29 is 9.21 Å². The second kappa shape index (κ2) is 6.57. The molecule has 3 rings (SSSR count). The van der Waals surface area contributed by atoms with Crippen LogP contribution >= 0.6 is 11.8 Å². The van der Waals surface area contributed by atoms with Crippen molar-refractivity contribution in [2.45, 2.75) is 11.6 Å². The molecular formula is C15H13N5O2S. The topological polar surface area (TPSA) is 108 Å². The Labute approximate surface area is 136 Å². The molecule has 8 heteroatoms. The summed E-state index contributed by atoms with van der Waals surface area (Å²) in [6, 6.07) is 5.29. The van der Waals surface area contributed by atoms with Gasteiger partial charge in [0.15, 0.2) is 10.9 Å². The highest BCUT2D eigenvalue weighted by molar-refractivity contribution is 7.98. The Kier molecular flexibility index (Phi) is 4.33. The van der Waals surface area contributed by atoms with Crippen molar-refractivity contribution in [1.82, 2.24) is 19.9 Å². The molecular weight excluding hydrogens is 314 g/mol. The molecule has 0 fully saturated rings. The Bertz CT molecular complexity index is 836. The molecule has 0 aliphatic rings. The lowest BCUT2D eigenvalue weighted by atomic mass is 10.1. The maximum Gasteiger partial charge on any atom is 0.223 e. The first-order valence-electron chi connectivity index (χ1n) is 6.73. The van der Waals surface area contributed by atoms with Gasteiger partial charge in [-0.05, 0) is 24.5 Å². The smallest absolute Gasteiger partial charge is 0.223 e. The molecule has 7 nitrogen and oxygen atoms in total. The second-order valence-corrected chi connectivity index (χ2v) is 5.38. The summed E-state index contributed by atoms with van der Waals surface area (Å²) in [6.45, 7) is 0. The summed E-state index contributed by atoms with van der Waals surface area (Å²) in [5.74, 6) is 0.0762. The quantitative estimate of drug-likeness (QED) is 0.563. The number of furan rings is 1. The van der Waals surface area contributed by atoms with Gasteiger partial charge in [-0.3, -0.25) is 9.78 Å². The van der Waals surface area contributed by atoms with Crippen LogP contribution in [0.1, 0.15) is 5.69 Å². The Balaban J connectivity index is 2.13. The van der Waals surface area contributed by atoms with Crippen LogP contribution in [0, 0.1) is 0 Å². The molecule has 0 bridgehead atoms. The molecule has 0 radical (unpaired) electrons. The average Bonchev–Trinajstić information content (AvgIpc) is 3.08. The van der Waals surface area contributed by atoms with Gasteiger partial charge in [-0.15, -0.1) is 0 Å². The van der Waals surface area contributed by atoms with Crippen LogP contribution in [0.3, 0.4) is 0 Å². The number of aromatic nitrogens is 4. The van der Waals surface area contributed by atoms with Gasteiger partial charge < -0.3 is 10.2 Å². The Morgan fingerprint density at radius 3 is 2.83 bits per heavy atom. The summed E-state index contributed by atoms with van der Waals surface area (Å²) in [4.78, 5) is 28.6. The number of primary amides is 1. The van der Waals surface area contributed by atoms with Gasteiger partial charge in [0.2, 0.25) is 5.91 Å². The molecule has 116 valence electrons. The van der Waals surface area contributed by atoms with E-state index in [0.717, 1.165) is 0 Å². The number of hydrogen-bond donors (Lipinski definition) is 1. The van der Waals surface area contributed by atoms with Crippen molar-refractivity contribution in [3.63, 3.8) is 0 Å². The number of nitrogens with two attached hydrogens (primary N) is 1. The van der Waals surface area contributed by atoms with E-state index >= 15 is 0 Å². The van der Waals surface area contributed by atoms with E-state index in [1.165, 1.54) is 18.0 Å². The highest BCUT2D eigenvalue weighted by atomic mass is 32.2. The summed E-state index contributed by atoms with van der Waals surface area (Å²) in [5, 5.41) is 0.635. The van der Waals surface area contributed by atoms with Crippen molar-refractivity contribution in [1.29, 1.82) is 0 Å². The zero-order valence-corrected chi connectivity index (χ0v) is 13.1. The third-order valence-corrected chi connectivity index (χ3v) is 3.55. The predicted octanol–water partition coefficient (Wildman–Crippen LogP) is 1.94. The highest BCUT2D eigenvalue weighted by Gasteiger charge is 2.16. The van der Waals surface area contributed by atoms with Crippen LogP contribution in [-0.4, -0.2) is 32.1 Å². The standard InChI is InChI=1S/C15H13N5O2S/c1-23-15-17-5-4-10(20-15)13-14(11-3-2-6-22-11)19-9(8-18-13)7-12(16)21/h2-6,8H,7H2,1H3,(H2,16,21). The van der Waals surface area contributed by atoms with Crippen LogP contribution in [0.4, 0.5) is 0 Å². The number of thioether (sulfide) groups is 1. The zero-order valence-electron chi connectivity index (χ0n) is 12.3. The number of amides is 1. The zero-order chi connectivity index (χ0) is 16.2. The monoisotopic (exact) mass is 327 g/mol. The summed E-state index contributed by atoms with van der Waals surface area (Å²) in [7, 11) is 0. The Morgan fingerprint density at radius 2 is 2.13 bits per heavy atom. The molecule has 1 amide bonds. The maximum atomic E-state index is 11.1. The largest absolute Gasteiger partial charge is 0.463 e.